The van der Waals surface area contributed by atoms with Crippen LogP contribution in [0.2, 0.25) is 0 Å². The first kappa shape index (κ1) is 13.5. The van der Waals surface area contributed by atoms with Gasteiger partial charge in [0.2, 0.25) is 0 Å². The number of rotatable bonds is 5. The number of nitrogen functional groups attached to an aromatic ring is 1. The lowest BCUT2D eigenvalue weighted by Crippen LogP contribution is -2.37. The summed E-state index contributed by atoms with van der Waals surface area (Å²) in [5, 5.41) is 23.7. The highest BCUT2D eigenvalue weighted by atomic mass is 16.6. The van der Waals surface area contributed by atoms with E-state index in [1.54, 1.807) is 0 Å². The van der Waals surface area contributed by atoms with E-state index in [4.69, 9.17) is 10.6 Å². The first-order valence-electron chi connectivity index (χ1n) is 5.69. The van der Waals surface area contributed by atoms with E-state index in [9.17, 15) is 15.2 Å². The van der Waals surface area contributed by atoms with Crippen LogP contribution >= 0.6 is 0 Å². The number of nitrogens with one attached hydrogen (secondary N) is 2. The van der Waals surface area contributed by atoms with Gasteiger partial charge in [0.15, 0.2) is 0 Å². The topological polar surface area (TPSA) is 136 Å². The standard InChI is InChI=1S/C10H15N5O4/c11-14-9-4-7(15(17)18)3-8(13-9)12-5-10(16)1-2-19-6-10/h3-4,16H,1-2,5-6,11H2,(H2,12,13,14). The van der Waals surface area contributed by atoms with Crippen LogP contribution in [0, 0.1) is 10.1 Å². The SMILES string of the molecule is NNc1cc([N+](=O)[O-])cc(NCC2(O)CCOC2)n1. The normalized spacial score (nSPS) is 22.2. The van der Waals surface area contributed by atoms with E-state index in [2.05, 4.69) is 15.7 Å². The molecule has 1 unspecified atom stereocenters. The Bertz CT molecular complexity index is 475. The lowest BCUT2D eigenvalue weighted by atomic mass is 10.0. The van der Waals surface area contributed by atoms with Crippen LogP contribution in [0.1, 0.15) is 6.42 Å². The first-order valence-corrected chi connectivity index (χ1v) is 5.69. The molecule has 2 heterocycles. The zero-order valence-corrected chi connectivity index (χ0v) is 10.1. The molecule has 0 aromatic carbocycles. The molecule has 0 spiro atoms. The van der Waals surface area contributed by atoms with Crippen LogP contribution in [0.25, 0.3) is 0 Å². The van der Waals surface area contributed by atoms with Gasteiger partial charge < -0.3 is 20.6 Å². The number of hydrazine groups is 1. The zero-order chi connectivity index (χ0) is 13.9. The van der Waals surface area contributed by atoms with Crippen molar-refractivity contribution in [1.82, 2.24) is 4.98 Å². The summed E-state index contributed by atoms with van der Waals surface area (Å²) >= 11 is 0. The number of hydrogen-bond acceptors (Lipinski definition) is 8. The summed E-state index contributed by atoms with van der Waals surface area (Å²) in [4.78, 5) is 14.2. The molecule has 1 aromatic heterocycles. The van der Waals surface area contributed by atoms with Gasteiger partial charge in [-0.05, 0) is 0 Å². The van der Waals surface area contributed by atoms with Crippen LogP contribution < -0.4 is 16.6 Å². The molecule has 1 aliphatic rings. The zero-order valence-electron chi connectivity index (χ0n) is 10.1. The monoisotopic (exact) mass is 269 g/mol. The number of hydrogen-bond donors (Lipinski definition) is 4. The van der Waals surface area contributed by atoms with Gasteiger partial charge in [-0.2, -0.15) is 0 Å². The molecule has 19 heavy (non-hydrogen) atoms. The van der Waals surface area contributed by atoms with E-state index >= 15 is 0 Å². The summed E-state index contributed by atoms with van der Waals surface area (Å²) in [6.45, 7) is 0.929. The van der Waals surface area contributed by atoms with Gasteiger partial charge in [-0.15, -0.1) is 0 Å². The van der Waals surface area contributed by atoms with Gasteiger partial charge in [-0.25, -0.2) is 10.8 Å². The molecule has 1 aromatic rings. The number of nitro groups is 1. The lowest BCUT2D eigenvalue weighted by Gasteiger charge is -2.21. The van der Waals surface area contributed by atoms with Crippen LogP contribution in [0.5, 0.6) is 0 Å². The summed E-state index contributed by atoms with van der Waals surface area (Å²) in [6.07, 6.45) is 0.511. The Kier molecular flexibility index (Phi) is 3.79. The van der Waals surface area contributed by atoms with Crippen molar-refractivity contribution in [3.63, 3.8) is 0 Å². The van der Waals surface area contributed by atoms with E-state index in [1.807, 2.05) is 0 Å². The smallest absolute Gasteiger partial charge is 0.276 e. The van der Waals surface area contributed by atoms with E-state index in [0.29, 0.717) is 13.0 Å². The third-order valence-electron chi connectivity index (χ3n) is 2.85. The van der Waals surface area contributed by atoms with E-state index < -0.39 is 10.5 Å². The Morgan fingerprint density at radius 2 is 2.32 bits per heavy atom. The van der Waals surface area contributed by atoms with Crippen molar-refractivity contribution in [1.29, 1.82) is 0 Å². The number of pyridine rings is 1. The van der Waals surface area contributed by atoms with Crippen molar-refractivity contribution in [2.45, 2.75) is 12.0 Å². The van der Waals surface area contributed by atoms with Gasteiger partial charge in [-0.1, -0.05) is 0 Å². The summed E-state index contributed by atoms with van der Waals surface area (Å²) in [5.41, 5.74) is 1.15. The fourth-order valence-electron chi connectivity index (χ4n) is 1.78. The Morgan fingerprint density at radius 1 is 1.58 bits per heavy atom. The maximum absolute atomic E-state index is 10.8. The van der Waals surface area contributed by atoms with Crippen LogP contribution in [0.4, 0.5) is 17.3 Å². The van der Waals surface area contributed by atoms with Crippen molar-refractivity contribution in [2.24, 2.45) is 5.84 Å². The number of ether oxygens (including phenoxy) is 1. The average molecular weight is 269 g/mol. The molecule has 1 atom stereocenters. The first-order chi connectivity index (χ1) is 9.02. The predicted octanol–water partition coefficient (Wildman–Crippen LogP) is -0.161. The van der Waals surface area contributed by atoms with Crippen molar-refractivity contribution in [3.8, 4) is 0 Å². The van der Waals surface area contributed by atoms with Crippen molar-refractivity contribution < 1.29 is 14.8 Å². The highest BCUT2D eigenvalue weighted by Gasteiger charge is 2.32. The van der Waals surface area contributed by atoms with Gasteiger partial charge >= 0.3 is 0 Å². The molecular formula is C10H15N5O4. The van der Waals surface area contributed by atoms with E-state index in [-0.39, 0.29) is 30.5 Å². The third kappa shape index (κ3) is 3.28. The fraction of sp³-hybridized carbons (Fsp3) is 0.500. The quantitative estimate of drug-likeness (QED) is 0.329. The van der Waals surface area contributed by atoms with Gasteiger partial charge in [0.25, 0.3) is 5.69 Å². The minimum atomic E-state index is -0.970. The molecule has 1 aliphatic heterocycles. The van der Waals surface area contributed by atoms with Crippen molar-refractivity contribution in [3.05, 3.63) is 22.2 Å². The second kappa shape index (κ2) is 5.34. The molecule has 1 saturated heterocycles. The molecule has 9 nitrogen and oxygen atoms in total. The molecule has 0 radical (unpaired) electrons. The largest absolute Gasteiger partial charge is 0.386 e. The molecule has 0 amide bonds. The minimum absolute atomic E-state index is 0.139. The molecular weight excluding hydrogens is 254 g/mol. The second-order valence-electron chi connectivity index (χ2n) is 4.38. The van der Waals surface area contributed by atoms with E-state index in [0.717, 1.165) is 0 Å². The highest BCUT2D eigenvalue weighted by molar-refractivity contribution is 5.54. The predicted molar refractivity (Wildman–Crippen MR) is 67.6 cm³/mol. The van der Waals surface area contributed by atoms with Gasteiger partial charge in [0, 0.05) is 19.6 Å². The summed E-state index contributed by atoms with van der Waals surface area (Å²) in [6, 6.07) is 2.50. The molecule has 0 aliphatic carbocycles. The Morgan fingerprint density at radius 3 is 2.89 bits per heavy atom. The maximum atomic E-state index is 10.8. The van der Waals surface area contributed by atoms with Crippen LogP contribution in [0.3, 0.4) is 0 Å². The highest BCUT2D eigenvalue weighted by Crippen LogP contribution is 2.22. The molecule has 0 bridgehead atoms. The Hall–Kier alpha value is -1.97. The number of aromatic nitrogens is 1. The number of anilines is 2. The van der Waals surface area contributed by atoms with Gasteiger partial charge in [0.1, 0.15) is 17.2 Å². The number of aliphatic hydroxyl groups is 1. The van der Waals surface area contributed by atoms with Gasteiger partial charge in [0.05, 0.1) is 23.7 Å². The number of nitrogens with two attached hydrogens (primary N) is 1. The molecule has 2 rings (SSSR count). The van der Waals surface area contributed by atoms with Gasteiger partial charge in [-0.3, -0.25) is 10.1 Å². The maximum Gasteiger partial charge on any atom is 0.276 e. The molecule has 1 fully saturated rings. The van der Waals surface area contributed by atoms with Crippen molar-refractivity contribution in [2.75, 3.05) is 30.5 Å². The van der Waals surface area contributed by atoms with Crippen molar-refractivity contribution >= 4 is 17.3 Å². The summed E-state index contributed by atoms with van der Waals surface area (Å²) in [5.74, 6) is 5.64. The molecule has 9 heteroatoms. The van der Waals surface area contributed by atoms with Crippen LogP contribution in [-0.2, 0) is 4.74 Å². The second-order valence-corrected chi connectivity index (χ2v) is 4.38. The minimum Gasteiger partial charge on any atom is -0.386 e. The van der Waals surface area contributed by atoms with Crippen LogP contribution in [0.15, 0.2) is 12.1 Å². The lowest BCUT2D eigenvalue weighted by molar-refractivity contribution is -0.384. The number of nitrogens with zero attached hydrogens (tertiary/aromatic N) is 2. The summed E-state index contributed by atoms with van der Waals surface area (Å²) in [7, 11) is 0. The molecule has 104 valence electrons. The molecule has 5 N–H and O–H groups in total. The Balaban J connectivity index is 2.10. The van der Waals surface area contributed by atoms with Crippen LogP contribution in [-0.4, -0.2) is 40.4 Å². The fourth-order valence-corrected chi connectivity index (χ4v) is 1.78. The van der Waals surface area contributed by atoms with E-state index in [1.165, 1.54) is 12.1 Å². The molecule has 0 saturated carbocycles. The summed E-state index contributed by atoms with van der Waals surface area (Å²) < 4.78 is 5.10. The average Bonchev–Trinajstić information content (AvgIpc) is 2.83. The Labute approximate surface area is 108 Å². The third-order valence-corrected chi connectivity index (χ3v) is 2.85.